The monoisotopic (exact) mass is 436 g/mol. The molecule has 2 aromatic rings. The Morgan fingerprint density at radius 3 is 2.79 bits per heavy atom. The molecule has 0 fully saturated rings. The number of fused-ring (bicyclic) bond motifs is 1. The van der Waals surface area contributed by atoms with Gasteiger partial charge in [0.25, 0.3) is 5.91 Å². The summed E-state index contributed by atoms with van der Waals surface area (Å²) >= 11 is 2.22. The fraction of sp³-hybridized carbons (Fsp3) is 0.222. The van der Waals surface area contributed by atoms with Crippen molar-refractivity contribution < 1.29 is 14.3 Å². The van der Waals surface area contributed by atoms with Crippen molar-refractivity contribution in [1.82, 2.24) is 4.98 Å². The standard InChI is InChI=1S/C18H17IN2O3/c1-4-24-18(23)16-9(2)15(20-10(16)3)8-13-12-7-11(19)5-6-14(12)21-17(13)22/h5-8,20H,4H2,1-3H3,(H,21,22). The second kappa shape index (κ2) is 6.43. The van der Waals surface area contributed by atoms with E-state index < -0.39 is 0 Å². The van der Waals surface area contributed by atoms with Gasteiger partial charge in [0, 0.05) is 26.2 Å². The number of carbonyl (C=O) groups excluding carboxylic acids is 2. The first-order valence-corrected chi connectivity index (χ1v) is 8.69. The van der Waals surface area contributed by atoms with Crippen molar-refractivity contribution in [3.63, 3.8) is 0 Å². The minimum atomic E-state index is -0.348. The van der Waals surface area contributed by atoms with Crippen LogP contribution in [0.25, 0.3) is 11.6 Å². The highest BCUT2D eigenvalue weighted by Gasteiger charge is 2.26. The van der Waals surface area contributed by atoms with Crippen molar-refractivity contribution in [3.05, 3.63) is 49.8 Å². The molecule has 0 atom stereocenters. The molecule has 0 radical (unpaired) electrons. The van der Waals surface area contributed by atoms with Crippen LogP contribution >= 0.6 is 22.6 Å². The quantitative estimate of drug-likeness (QED) is 0.436. The number of rotatable bonds is 3. The summed E-state index contributed by atoms with van der Waals surface area (Å²) in [5.74, 6) is -0.490. The van der Waals surface area contributed by atoms with Crippen LogP contribution in [0.15, 0.2) is 18.2 Å². The van der Waals surface area contributed by atoms with E-state index in [0.717, 1.165) is 31.8 Å². The number of carbonyl (C=O) groups is 2. The highest BCUT2D eigenvalue weighted by molar-refractivity contribution is 14.1. The molecular formula is C18H17IN2O3. The van der Waals surface area contributed by atoms with Gasteiger partial charge in [0.05, 0.1) is 17.7 Å². The van der Waals surface area contributed by atoms with E-state index in [0.29, 0.717) is 17.7 Å². The number of amides is 1. The number of ether oxygens (including phenoxy) is 1. The van der Waals surface area contributed by atoms with Crippen LogP contribution in [0.3, 0.4) is 0 Å². The Morgan fingerprint density at radius 1 is 1.33 bits per heavy atom. The smallest absolute Gasteiger partial charge is 0.340 e. The summed E-state index contributed by atoms with van der Waals surface area (Å²) in [6.07, 6.45) is 1.79. The van der Waals surface area contributed by atoms with Gasteiger partial charge in [0.2, 0.25) is 0 Å². The van der Waals surface area contributed by atoms with Gasteiger partial charge in [0.1, 0.15) is 0 Å². The summed E-state index contributed by atoms with van der Waals surface area (Å²) in [4.78, 5) is 27.6. The van der Waals surface area contributed by atoms with Crippen molar-refractivity contribution in [2.24, 2.45) is 0 Å². The van der Waals surface area contributed by atoms with E-state index in [4.69, 9.17) is 4.74 Å². The highest BCUT2D eigenvalue weighted by atomic mass is 127. The molecule has 24 heavy (non-hydrogen) atoms. The maximum atomic E-state index is 12.3. The number of aryl methyl sites for hydroxylation is 1. The second-order valence-corrected chi connectivity index (χ2v) is 6.83. The number of nitrogens with one attached hydrogen (secondary N) is 2. The number of anilines is 1. The summed E-state index contributed by atoms with van der Waals surface area (Å²) in [5.41, 5.74) is 5.06. The summed E-state index contributed by atoms with van der Waals surface area (Å²) in [5, 5.41) is 2.86. The Hall–Kier alpha value is -2.09. The van der Waals surface area contributed by atoms with Gasteiger partial charge in [-0.25, -0.2) is 4.79 Å². The minimum Gasteiger partial charge on any atom is -0.462 e. The number of aromatic amines is 1. The summed E-state index contributed by atoms with van der Waals surface area (Å²) in [7, 11) is 0. The Labute approximate surface area is 153 Å². The third-order valence-electron chi connectivity index (χ3n) is 4.01. The van der Waals surface area contributed by atoms with Crippen LogP contribution in [0.1, 0.15) is 39.8 Å². The molecule has 124 valence electrons. The lowest BCUT2D eigenvalue weighted by Crippen LogP contribution is -2.06. The third kappa shape index (κ3) is 2.86. The molecule has 2 N–H and O–H groups in total. The average molecular weight is 436 g/mol. The van der Waals surface area contributed by atoms with Gasteiger partial charge < -0.3 is 15.0 Å². The predicted molar refractivity (Wildman–Crippen MR) is 102 cm³/mol. The van der Waals surface area contributed by atoms with E-state index in [1.807, 2.05) is 32.0 Å². The van der Waals surface area contributed by atoms with Gasteiger partial charge >= 0.3 is 5.97 Å². The second-order valence-electron chi connectivity index (χ2n) is 5.59. The van der Waals surface area contributed by atoms with Crippen LogP contribution in [-0.2, 0) is 9.53 Å². The summed E-state index contributed by atoms with van der Waals surface area (Å²) in [6, 6.07) is 5.81. The number of aromatic nitrogens is 1. The number of halogens is 1. The number of hydrogen-bond donors (Lipinski definition) is 2. The average Bonchev–Trinajstić information content (AvgIpc) is 2.97. The van der Waals surface area contributed by atoms with Gasteiger partial charge in [-0.15, -0.1) is 0 Å². The molecule has 0 aliphatic carbocycles. The molecule has 0 saturated heterocycles. The molecule has 0 spiro atoms. The molecule has 1 aromatic carbocycles. The molecule has 6 heteroatoms. The Balaban J connectivity index is 2.08. The maximum Gasteiger partial charge on any atom is 0.340 e. The van der Waals surface area contributed by atoms with E-state index in [-0.39, 0.29) is 11.9 Å². The van der Waals surface area contributed by atoms with Crippen LogP contribution in [0, 0.1) is 17.4 Å². The third-order valence-corrected chi connectivity index (χ3v) is 4.68. The Kier molecular flexibility index (Phi) is 4.49. The molecule has 0 unspecified atom stereocenters. The van der Waals surface area contributed by atoms with Crippen molar-refractivity contribution in [2.75, 3.05) is 11.9 Å². The lowest BCUT2D eigenvalue weighted by molar-refractivity contribution is -0.110. The van der Waals surface area contributed by atoms with Gasteiger partial charge in [-0.1, -0.05) is 0 Å². The fourth-order valence-corrected chi connectivity index (χ4v) is 3.37. The van der Waals surface area contributed by atoms with E-state index in [2.05, 4.69) is 32.9 Å². The van der Waals surface area contributed by atoms with Crippen LogP contribution in [0.5, 0.6) is 0 Å². The van der Waals surface area contributed by atoms with E-state index in [1.54, 1.807) is 13.0 Å². The molecule has 5 nitrogen and oxygen atoms in total. The predicted octanol–water partition coefficient (Wildman–Crippen LogP) is 3.91. The van der Waals surface area contributed by atoms with E-state index in [1.165, 1.54) is 0 Å². The zero-order valence-electron chi connectivity index (χ0n) is 13.6. The van der Waals surface area contributed by atoms with Crippen LogP contribution in [0.2, 0.25) is 0 Å². The van der Waals surface area contributed by atoms with Gasteiger partial charge in [0.15, 0.2) is 0 Å². The lowest BCUT2D eigenvalue weighted by Gasteiger charge is -2.02. The summed E-state index contributed by atoms with van der Waals surface area (Å²) in [6.45, 7) is 5.78. The topological polar surface area (TPSA) is 71.2 Å². The fourth-order valence-electron chi connectivity index (χ4n) is 2.88. The minimum absolute atomic E-state index is 0.142. The molecule has 1 aliphatic rings. The SMILES string of the molecule is CCOC(=O)c1c(C)[nH]c(C=C2C(=O)Nc3ccc(I)cc32)c1C. The van der Waals surface area contributed by atoms with E-state index >= 15 is 0 Å². The van der Waals surface area contributed by atoms with Gasteiger partial charge in [-0.2, -0.15) is 0 Å². The Morgan fingerprint density at radius 2 is 2.08 bits per heavy atom. The largest absolute Gasteiger partial charge is 0.462 e. The first kappa shape index (κ1) is 16.8. The normalized spacial score (nSPS) is 14.7. The number of hydrogen-bond acceptors (Lipinski definition) is 3. The van der Waals surface area contributed by atoms with Gasteiger partial charge in [-0.05, 0) is 73.2 Å². The van der Waals surface area contributed by atoms with Crippen LogP contribution < -0.4 is 5.32 Å². The Bertz CT molecular complexity index is 881. The molecule has 1 aromatic heterocycles. The molecule has 0 saturated carbocycles. The first-order chi connectivity index (χ1) is 11.4. The highest BCUT2D eigenvalue weighted by Crippen LogP contribution is 2.35. The van der Waals surface area contributed by atoms with Crippen LogP contribution in [0.4, 0.5) is 5.69 Å². The van der Waals surface area contributed by atoms with Gasteiger partial charge in [-0.3, -0.25) is 4.79 Å². The summed E-state index contributed by atoms with van der Waals surface area (Å²) < 4.78 is 6.16. The van der Waals surface area contributed by atoms with E-state index in [9.17, 15) is 9.59 Å². The molecular weight excluding hydrogens is 419 g/mol. The molecule has 1 amide bonds. The van der Waals surface area contributed by atoms with Crippen molar-refractivity contribution in [3.8, 4) is 0 Å². The number of H-pyrrole nitrogens is 1. The molecule has 0 bridgehead atoms. The maximum absolute atomic E-state index is 12.3. The molecule has 1 aliphatic heterocycles. The molecule has 2 heterocycles. The zero-order chi connectivity index (χ0) is 17.4. The number of esters is 1. The van der Waals surface area contributed by atoms with Crippen molar-refractivity contribution in [2.45, 2.75) is 20.8 Å². The first-order valence-electron chi connectivity index (χ1n) is 7.61. The van der Waals surface area contributed by atoms with Crippen molar-refractivity contribution in [1.29, 1.82) is 0 Å². The lowest BCUT2D eigenvalue weighted by atomic mass is 10.0. The molecule has 3 rings (SSSR count). The van der Waals surface area contributed by atoms with Crippen molar-refractivity contribution >= 4 is 51.8 Å². The van der Waals surface area contributed by atoms with Crippen LogP contribution in [-0.4, -0.2) is 23.5 Å². The zero-order valence-corrected chi connectivity index (χ0v) is 15.8. The number of benzene rings is 1.